The molecule has 1 atom stereocenters. The second-order valence-corrected chi connectivity index (χ2v) is 7.86. The standard InChI is InChI=1S/C24H26F2N2O4/c1-32-28-22(17-6-3-2-4-7-17)23(29)27-20(24(30)31)14-15-10-12-16(13-11-15)21-18(25)8-5-9-19(21)26/h5,8-13,17,20H,2-4,6-7,14H2,1H3,(H,27,29)(H,30,31)/t20-/m0/s1. The first-order valence-electron chi connectivity index (χ1n) is 10.6. The van der Waals surface area contributed by atoms with E-state index in [4.69, 9.17) is 4.84 Å². The molecule has 1 saturated carbocycles. The van der Waals surface area contributed by atoms with Gasteiger partial charge in [-0.05, 0) is 36.1 Å². The van der Waals surface area contributed by atoms with Crippen LogP contribution in [-0.2, 0) is 20.8 Å². The monoisotopic (exact) mass is 444 g/mol. The van der Waals surface area contributed by atoms with Gasteiger partial charge in [-0.25, -0.2) is 13.6 Å². The van der Waals surface area contributed by atoms with Crippen molar-refractivity contribution in [2.24, 2.45) is 11.1 Å². The highest BCUT2D eigenvalue weighted by molar-refractivity contribution is 6.39. The number of hydrogen-bond donors (Lipinski definition) is 2. The molecular formula is C24H26F2N2O4. The smallest absolute Gasteiger partial charge is 0.326 e. The van der Waals surface area contributed by atoms with Gasteiger partial charge in [-0.2, -0.15) is 0 Å². The second-order valence-electron chi connectivity index (χ2n) is 7.86. The van der Waals surface area contributed by atoms with Crippen molar-refractivity contribution in [3.05, 3.63) is 59.7 Å². The summed E-state index contributed by atoms with van der Waals surface area (Å²) < 4.78 is 28.0. The predicted octanol–water partition coefficient (Wildman–Crippen LogP) is 4.33. The average Bonchev–Trinajstić information content (AvgIpc) is 2.78. The predicted molar refractivity (Wildman–Crippen MR) is 116 cm³/mol. The van der Waals surface area contributed by atoms with E-state index in [-0.39, 0.29) is 23.6 Å². The summed E-state index contributed by atoms with van der Waals surface area (Å²) >= 11 is 0. The van der Waals surface area contributed by atoms with Crippen LogP contribution in [0.25, 0.3) is 11.1 Å². The van der Waals surface area contributed by atoms with Gasteiger partial charge in [0.1, 0.15) is 30.5 Å². The Hall–Kier alpha value is -3.29. The summed E-state index contributed by atoms with van der Waals surface area (Å²) in [6.07, 6.45) is 4.69. The number of carbonyl (C=O) groups is 2. The number of rotatable bonds is 8. The number of oxime groups is 1. The molecule has 0 unspecified atom stereocenters. The third-order valence-electron chi connectivity index (χ3n) is 5.66. The Kier molecular flexibility index (Phi) is 7.92. The van der Waals surface area contributed by atoms with Crippen LogP contribution in [0.3, 0.4) is 0 Å². The molecule has 0 spiro atoms. The van der Waals surface area contributed by atoms with E-state index in [1.807, 2.05) is 0 Å². The molecule has 1 aliphatic carbocycles. The lowest BCUT2D eigenvalue weighted by Gasteiger charge is -2.23. The Morgan fingerprint density at radius 1 is 1.09 bits per heavy atom. The fraction of sp³-hybridized carbons (Fsp3) is 0.375. The average molecular weight is 444 g/mol. The van der Waals surface area contributed by atoms with Crippen LogP contribution in [-0.4, -0.2) is 35.8 Å². The third-order valence-corrected chi connectivity index (χ3v) is 5.66. The molecule has 1 aliphatic rings. The van der Waals surface area contributed by atoms with Crippen LogP contribution < -0.4 is 5.32 Å². The van der Waals surface area contributed by atoms with Gasteiger partial charge >= 0.3 is 5.97 Å². The molecule has 3 rings (SSSR count). The zero-order valence-electron chi connectivity index (χ0n) is 17.8. The maximum absolute atomic E-state index is 14.0. The van der Waals surface area contributed by atoms with Gasteiger partial charge < -0.3 is 15.3 Å². The molecule has 0 aliphatic heterocycles. The summed E-state index contributed by atoms with van der Waals surface area (Å²) in [7, 11) is 1.35. The van der Waals surface area contributed by atoms with Crippen LogP contribution in [0.15, 0.2) is 47.6 Å². The molecule has 0 heterocycles. The molecule has 2 N–H and O–H groups in total. The number of hydrogen-bond acceptors (Lipinski definition) is 4. The third kappa shape index (κ3) is 5.69. The van der Waals surface area contributed by atoms with E-state index in [0.29, 0.717) is 11.1 Å². The highest BCUT2D eigenvalue weighted by atomic mass is 19.1. The van der Waals surface area contributed by atoms with E-state index in [1.165, 1.54) is 37.4 Å². The minimum Gasteiger partial charge on any atom is -0.480 e. The first kappa shape index (κ1) is 23.4. The maximum atomic E-state index is 14.0. The van der Waals surface area contributed by atoms with Gasteiger partial charge in [0.25, 0.3) is 5.91 Å². The number of carboxylic acids is 1. The molecule has 170 valence electrons. The van der Waals surface area contributed by atoms with Crippen molar-refractivity contribution < 1.29 is 28.3 Å². The van der Waals surface area contributed by atoms with Crippen molar-refractivity contribution in [1.29, 1.82) is 0 Å². The highest BCUT2D eigenvalue weighted by Gasteiger charge is 2.29. The number of carbonyl (C=O) groups excluding carboxylic acids is 1. The number of carboxylic acid groups (broad SMARTS) is 1. The van der Waals surface area contributed by atoms with Crippen LogP contribution >= 0.6 is 0 Å². The minimum absolute atomic E-state index is 0.00599. The van der Waals surface area contributed by atoms with Crippen LogP contribution in [0.4, 0.5) is 8.78 Å². The lowest BCUT2D eigenvalue weighted by atomic mass is 9.85. The molecular weight excluding hydrogens is 418 g/mol. The Balaban J connectivity index is 1.73. The van der Waals surface area contributed by atoms with E-state index >= 15 is 0 Å². The molecule has 0 bridgehead atoms. The Morgan fingerprint density at radius 2 is 1.72 bits per heavy atom. The van der Waals surface area contributed by atoms with Gasteiger partial charge in [0.2, 0.25) is 0 Å². The van der Waals surface area contributed by atoms with Crippen molar-refractivity contribution in [2.45, 2.75) is 44.6 Å². The summed E-state index contributed by atoms with van der Waals surface area (Å²) in [5.74, 6) is -3.17. The van der Waals surface area contributed by atoms with Crippen LogP contribution in [0, 0.1) is 17.6 Å². The summed E-state index contributed by atoms with van der Waals surface area (Å²) in [5, 5.41) is 16.0. The molecule has 0 saturated heterocycles. The fourth-order valence-electron chi connectivity index (χ4n) is 4.02. The van der Waals surface area contributed by atoms with Crippen molar-refractivity contribution >= 4 is 17.6 Å². The Bertz CT molecular complexity index is 966. The number of nitrogens with zero attached hydrogens (tertiary/aromatic N) is 1. The lowest BCUT2D eigenvalue weighted by molar-refractivity contribution is -0.141. The lowest BCUT2D eigenvalue weighted by Crippen LogP contribution is -2.47. The number of amides is 1. The first-order chi connectivity index (χ1) is 15.4. The van der Waals surface area contributed by atoms with Crippen molar-refractivity contribution in [3.63, 3.8) is 0 Å². The number of aliphatic carboxylic acids is 1. The summed E-state index contributed by atoms with van der Waals surface area (Å²) in [6.45, 7) is 0. The van der Waals surface area contributed by atoms with Crippen molar-refractivity contribution in [2.75, 3.05) is 7.11 Å². The van der Waals surface area contributed by atoms with E-state index in [0.717, 1.165) is 32.1 Å². The van der Waals surface area contributed by atoms with E-state index in [1.54, 1.807) is 12.1 Å². The van der Waals surface area contributed by atoms with Crippen LogP contribution in [0.5, 0.6) is 0 Å². The highest BCUT2D eigenvalue weighted by Crippen LogP contribution is 2.27. The fourth-order valence-corrected chi connectivity index (χ4v) is 4.02. The van der Waals surface area contributed by atoms with Crippen LogP contribution in [0.1, 0.15) is 37.7 Å². The first-order valence-corrected chi connectivity index (χ1v) is 10.6. The van der Waals surface area contributed by atoms with Gasteiger partial charge in [0.05, 0.1) is 5.56 Å². The quantitative estimate of drug-likeness (QED) is 0.469. The number of nitrogens with one attached hydrogen (secondary N) is 1. The van der Waals surface area contributed by atoms with Crippen molar-refractivity contribution in [1.82, 2.24) is 5.32 Å². The Morgan fingerprint density at radius 3 is 2.28 bits per heavy atom. The topological polar surface area (TPSA) is 88.0 Å². The summed E-state index contributed by atoms with van der Waals surface area (Å²) in [5.41, 5.74) is 1.01. The molecule has 32 heavy (non-hydrogen) atoms. The maximum Gasteiger partial charge on any atom is 0.326 e. The second kappa shape index (κ2) is 10.8. The normalized spacial score (nSPS) is 15.8. The number of benzene rings is 2. The van der Waals surface area contributed by atoms with E-state index in [2.05, 4.69) is 10.5 Å². The zero-order chi connectivity index (χ0) is 23.1. The van der Waals surface area contributed by atoms with Gasteiger partial charge in [-0.1, -0.05) is 54.8 Å². The molecule has 8 heteroatoms. The SMILES string of the molecule is CON=C(C(=O)N[C@@H](Cc1ccc(-c2c(F)cccc2F)cc1)C(=O)O)C1CCCCC1. The molecule has 0 radical (unpaired) electrons. The summed E-state index contributed by atoms with van der Waals surface area (Å²) in [6, 6.07) is 8.68. The van der Waals surface area contributed by atoms with Crippen LogP contribution in [0.2, 0.25) is 0 Å². The minimum atomic E-state index is -1.19. The van der Waals surface area contributed by atoms with Gasteiger partial charge in [0.15, 0.2) is 0 Å². The molecule has 6 nitrogen and oxygen atoms in total. The Labute approximate surface area is 185 Å². The van der Waals surface area contributed by atoms with Gasteiger partial charge in [0, 0.05) is 12.3 Å². The molecule has 2 aromatic carbocycles. The number of halogens is 2. The van der Waals surface area contributed by atoms with Crippen molar-refractivity contribution in [3.8, 4) is 11.1 Å². The van der Waals surface area contributed by atoms with E-state index < -0.39 is 29.6 Å². The van der Waals surface area contributed by atoms with E-state index in [9.17, 15) is 23.5 Å². The molecule has 1 fully saturated rings. The summed E-state index contributed by atoms with van der Waals surface area (Å²) in [4.78, 5) is 29.4. The van der Waals surface area contributed by atoms with Gasteiger partial charge in [-0.3, -0.25) is 4.79 Å². The largest absolute Gasteiger partial charge is 0.480 e. The molecule has 1 amide bonds. The molecule has 2 aromatic rings. The zero-order valence-corrected chi connectivity index (χ0v) is 17.8. The van der Waals surface area contributed by atoms with Gasteiger partial charge in [-0.15, -0.1) is 0 Å². The molecule has 0 aromatic heterocycles.